The Balaban J connectivity index is 0.000000151. The highest BCUT2D eigenvalue weighted by Gasteiger charge is 2.41. The van der Waals surface area contributed by atoms with Crippen LogP contribution < -0.4 is 8.85 Å². The SMILES string of the molecule is C.C.CC(C)(C)[Si](C)(C)Oc1ccc2[nH]c3c(c2c1)CS(=O)(=O)c1ccccc1-3.Cn1c2c(c3cc(O)ccc31)CS(=O)c1ccccc1-2.Cn1c2c(c3cc(O[Si](C)(C)C(C)(C)C)ccc31)CS(=O)c1ccccc1-2. The molecule has 12 rings (SSSR count). The van der Waals surface area contributed by atoms with Crippen molar-refractivity contribution in [3.63, 3.8) is 0 Å². The molecule has 2 N–H and O–H groups in total. The number of fused-ring (bicyclic) bond motifs is 15. The van der Waals surface area contributed by atoms with Gasteiger partial charge in [-0.2, -0.15) is 0 Å². The Kier molecular flexibility index (Phi) is 14.9. The highest BCUT2D eigenvalue weighted by atomic mass is 32.2. The van der Waals surface area contributed by atoms with Crippen molar-refractivity contribution in [1.29, 1.82) is 0 Å². The van der Waals surface area contributed by atoms with Crippen molar-refractivity contribution in [2.24, 2.45) is 14.1 Å². The van der Waals surface area contributed by atoms with Crippen LogP contribution in [-0.2, 0) is 62.8 Å². The van der Waals surface area contributed by atoms with E-state index >= 15 is 0 Å². The average Bonchev–Trinajstić information content (AvgIpc) is 3.93. The number of nitrogens with zero attached hydrogens (tertiary/aromatic N) is 2. The first kappa shape index (κ1) is 56.2. The molecule has 0 saturated carbocycles. The number of aromatic nitrogens is 3. The number of H-pyrrole nitrogens is 1. The van der Waals surface area contributed by atoms with Crippen LogP contribution in [0.5, 0.6) is 17.2 Å². The molecule has 2 atom stereocenters. The molecule has 0 fully saturated rings. The van der Waals surface area contributed by atoms with Crippen molar-refractivity contribution >= 4 is 80.8 Å². The van der Waals surface area contributed by atoms with Crippen molar-refractivity contribution in [1.82, 2.24) is 14.1 Å². The third-order valence-electron chi connectivity index (χ3n) is 16.0. The van der Waals surface area contributed by atoms with Crippen LogP contribution in [0.25, 0.3) is 66.5 Å². The van der Waals surface area contributed by atoms with Crippen LogP contribution >= 0.6 is 0 Å². The van der Waals surface area contributed by atoms with Gasteiger partial charge in [0.25, 0.3) is 0 Å². The van der Waals surface area contributed by atoms with Gasteiger partial charge in [0.1, 0.15) is 17.2 Å². The summed E-state index contributed by atoms with van der Waals surface area (Å²) in [6.07, 6.45) is 0. The van der Waals surface area contributed by atoms with Crippen molar-refractivity contribution in [3.05, 3.63) is 144 Å². The summed E-state index contributed by atoms with van der Waals surface area (Å²) >= 11 is 0. The molecule has 0 radical (unpaired) electrons. The lowest BCUT2D eigenvalue weighted by Crippen LogP contribution is -2.43. The topological polar surface area (TPSA) is 133 Å². The number of aryl methyl sites for hydroxylation is 2. The Morgan fingerprint density at radius 2 is 1.00 bits per heavy atom. The quantitative estimate of drug-likeness (QED) is 0.168. The fourth-order valence-electron chi connectivity index (χ4n) is 9.97. The molecule has 0 amide bonds. The summed E-state index contributed by atoms with van der Waals surface area (Å²) in [5.41, 5.74) is 12.3. The van der Waals surface area contributed by atoms with Gasteiger partial charge in [0.15, 0.2) is 9.84 Å². The Bertz CT molecular complexity index is 3910. The van der Waals surface area contributed by atoms with Gasteiger partial charge in [-0.05, 0) is 120 Å². The second-order valence-corrected chi connectivity index (χ2v) is 37.0. The van der Waals surface area contributed by atoms with Crippen LogP contribution in [0, 0.1) is 0 Å². The molecule has 400 valence electrons. The van der Waals surface area contributed by atoms with Gasteiger partial charge in [-0.1, -0.05) is 111 Å². The van der Waals surface area contributed by atoms with Gasteiger partial charge in [-0.3, -0.25) is 8.42 Å². The number of nitrogens with one attached hydrogen (secondary N) is 1. The first-order chi connectivity index (χ1) is 34.8. The summed E-state index contributed by atoms with van der Waals surface area (Å²) in [7, 11) is -5.11. The molecular weight excluding hydrogens is 1040 g/mol. The lowest BCUT2D eigenvalue weighted by Gasteiger charge is -2.36. The number of hydrogen-bond acceptors (Lipinski definition) is 7. The van der Waals surface area contributed by atoms with E-state index < -0.39 is 48.1 Å². The van der Waals surface area contributed by atoms with Crippen LogP contribution in [-0.4, -0.2) is 52.7 Å². The first-order valence-corrected chi connectivity index (χ1v) is 35.1. The van der Waals surface area contributed by atoms with E-state index in [-0.39, 0.29) is 36.4 Å². The maximum absolute atomic E-state index is 12.8. The Labute approximate surface area is 456 Å². The summed E-state index contributed by atoms with van der Waals surface area (Å²) in [6, 6.07) is 40.8. The first-order valence-electron chi connectivity index (χ1n) is 25.0. The predicted molar refractivity (Wildman–Crippen MR) is 322 cm³/mol. The van der Waals surface area contributed by atoms with Crippen LogP contribution in [0.3, 0.4) is 0 Å². The van der Waals surface area contributed by atoms with E-state index in [0.29, 0.717) is 16.4 Å². The number of benzene rings is 6. The number of phenols is 1. The molecule has 0 spiro atoms. The minimum atomic E-state index is -3.34. The minimum Gasteiger partial charge on any atom is -0.543 e. The summed E-state index contributed by atoms with van der Waals surface area (Å²) < 4.78 is 68.1. The number of rotatable bonds is 4. The zero-order chi connectivity index (χ0) is 53.0. The standard InChI is InChI=1S/C22H27NO2SSi.C21H25NO3SSi.C16H13NO2S.2CH4/c1-22(2,3)27(5,6)25-15-11-12-19-17(13-15)18-14-26(24)20-10-8-7-9-16(20)21(18)23(19)4;1-21(2,3)27(4,5)25-14-10-11-18-16(12-14)17-13-26(23,24)19-9-7-6-8-15(19)20(17)22-18;1-17-14-7-6-10(18)8-12(14)13-9-20(19)15-5-3-2-4-11(15)16(13)17;;/h7-13H,14H2,1-6H3;6-12,22H,13H2,1-5H3;2-8,18H,9H2,1H3;2*1H4. The molecule has 3 aliphatic rings. The molecule has 3 aromatic heterocycles. The van der Waals surface area contributed by atoms with Gasteiger partial charge in [-0.15, -0.1) is 0 Å². The third-order valence-corrected chi connectivity index (χ3v) is 29.2. The maximum atomic E-state index is 12.8. The number of sulfone groups is 1. The van der Waals surface area contributed by atoms with Crippen LogP contribution in [0.4, 0.5) is 0 Å². The number of aromatic amines is 1. The van der Waals surface area contributed by atoms with Crippen LogP contribution in [0.1, 0.15) is 73.1 Å². The van der Waals surface area contributed by atoms with Gasteiger partial charge in [0, 0.05) is 78.8 Å². The van der Waals surface area contributed by atoms with Gasteiger partial charge in [-0.25, -0.2) is 8.42 Å². The normalized spacial score (nSPS) is 16.2. The van der Waals surface area contributed by atoms with Crippen molar-refractivity contribution in [2.75, 3.05) is 0 Å². The molecule has 15 heteroatoms. The van der Waals surface area contributed by atoms with Gasteiger partial charge in [0.2, 0.25) is 16.6 Å². The zero-order valence-electron chi connectivity index (χ0n) is 44.3. The van der Waals surface area contributed by atoms with Gasteiger partial charge in [0.05, 0.1) is 60.8 Å². The molecule has 0 saturated heterocycles. The molecule has 0 aliphatic carbocycles. The Morgan fingerprint density at radius 1 is 0.566 bits per heavy atom. The number of hydrogen-bond donors (Lipinski definition) is 2. The fourth-order valence-corrected chi connectivity index (χ4v) is 16.3. The van der Waals surface area contributed by atoms with E-state index in [1.165, 1.54) is 11.3 Å². The second-order valence-electron chi connectivity index (χ2n) is 22.8. The van der Waals surface area contributed by atoms with E-state index in [2.05, 4.69) is 113 Å². The van der Waals surface area contributed by atoms with E-state index in [9.17, 15) is 21.9 Å². The monoisotopic (exact) mass is 1110 g/mol. The van der Waals surface area contributed by atoms with Crippen molar-refractivity contribution in [3.8, 4) is 51.0 Å². The lowest BCUT2D eigenvalue weighted by atomic mass is 10.1. The summed E-state index contributed by atoms with van der Waals surface area (Å²) in [5, 5.41) is 13.0. The molecule has 2 unspecified atom stereocenters. The van der Waals surface area contributed by atoms with Crippen molar-refractivity contribution in [2.45, 2.75) is 125 Å². The fraction of sp³-hybridized carbons (Fsp3) is 0.311. The summed E-state index contributed by atoms with van der Waals surface area (Å²) in [4.78, 5) is 5.66. The molecule has 3 aliphatic heterocycles. The maximum Gasteiger partial charge on any atom is 0.250 e. The predicted octanol–water partition coefficient (Wildman–Crippen LogP) is 15.8. The second kappa shape index (κ2) is 20.1. The smallest absolute Gasteiger partial charge is 0.250 e. The molecule has 76 heavy (non-hydrogen) atoms. The Morgan fingerprint density at radius 3 is 1.51 bits per heavy atom. The number of aromatic hydroxyl groups is 1. The van der Waals surface area contributed by atoms with E-state index in [1.54, 1.807) is 24.3 Å². The molecule has 10 nitrogen and oxygen atoms in total. The minimum absolute atomic E-state index is 0. The molecule has 6 heterocycles. The van der Waals surface area contributed by atoms with E-state index in [4.69, 9.17) is 8.85 Å². The highest BCUT2D eigenvalue weighted by Crippen LogP contribution is 2.46. The van der Waals surface area contributed by atoms with E-state index in [1.807, 2.05) is 85.9 Å². The Hall–Kier alpha value is -5.98. The van der Waals surface area contributed by atoms with Crippen molar-refractivity contribution < 1.29 is 30.8 Å². The third kappa shape index (κ3) is 9.75. The number of phenolic OH excluding ortho intramolecular Hbond substituents is 1. The van der Waals surface area contributed by atoms with Crippen LogP contribution in [0.2, 0.25) is 36.3 Å². The highest BCUT2D eigenvalue weighted by molar-refractivity contribution is 7.91. The summed E-state index contributed by atoms with van der Waals surface area (Å²) in [6.45, 7) is 22.3. The zero-order valence-corrected chi connectivity index (χ0v) is 48.7. The largest absolute Gasteiger partial charge is 0.543 e. The molecule has 0 bridgehead atoms. The summed E-state index contributed by atoms with van der Waals surface area (Å²) in [5.74, 6) is 3.07. The average molecular weight is 1110 g/mol. The van der Waals surface area contributed by atoms with Crippen LogP contribution in [0.15, 0.2) is 142 Å². The van der Waals surface area contributed by atoms with Gasteiger partial charge >= 0.3 is 0 Å². The van der Waals surface area contributed by atoms with E-state index in [0.717, 1.165) is 93.2 Å². The molecular formula is C61H73N3O7S3Si2. The molecule has 9 aromatic rings. The lowest BCUT2D eigenvalue weighted by molar-refractivity contribution is 0.476. The molecule has 6 aromatic carbocycles. The van der Waals surface area contributed by atoms with Gasteiger partial charge < -0.3 is 28.1 Å².